The molecule has 20 heavy (non-hydrogen) atoms. The molecule has 2 aromatic heterocycles. The normalized spacial score (nSPS) is 10.8. The number of benzene rings is 1. The van der Waals surface area contributed by atoms with E-state index in [2.05, 4.69) is 10.3 Å². The molecule has 1 aromatic carbocycles. The Morgan fingerprint density at radius 3 is 2.80 bits per heavy atom. The highest BCUT2D eigenvalue weighted by molar-refractivity contribution is 7.13. The van der Waals surface area contributed by atoms with Crippen molar-refractivity contribution in [3.05, 3.63) is 63.7 Å². The highest BCUT2D eigenvalue weighted by Gasteiger charge is 2.07. The molecule has 0 bridgehead atoms. The minimum atomic E-state index is -0.170. The number of aromatic nitrogens is 1. The van der Waals surface area contributed by atoms with E-state index in [1.54, 1.807) is 28.9 Å². The van der Waals surface area contributed by atoms with Gasteiger partial charge in [0.1, 0.15) is 10.8 Å². The van der Waals surface area contributed by atoms with E-state index < -0.39 is 0 Å². The van der Waals surface area contributed by atoms with Crippen molar-refractivity contribution in [2.75, 3.05) is 0 Å². The molecule has 2 nitrogen and oxygen atoms in total. The van der Waals surface area contributed by atoms with Gasteiger partial charge < -0.3 is 5.32 Å². The lowest BCUT2D eigenvalue weighted by atomic mass is 10.1. The van der Waals surface area contributed by atoms with Gasteiger partial charge in [0.05, 0.1) is 0 Å². The van der Waals surface area contributed by atoms with Gasteiger partial charge in [-0.2, -0.15) is 0 Å². The van der Waals surface area contributed by atoms with Crippen LogP contribution in [0, 0.1) is 5.82 Å². The van der Waals surface area contributed by atoms with E-state index in [0.717, 1.165) is 22.0 Å². The molecule has 3 rings (SSSR count). The molecule has 2 heterocycles. The van der Waals surface area contributed by atoms with E-state index in [1.807, 2.05) is 35.0 Å². The average Bonchev–Trinajstić information content (AvgIpc) is 3.13. The summed E-state index contributed by atoms with van der Waals surface area (Å²) in [7, 11) is 0. The summed E-state index contributed by atoms with van der Waals surface area (Å²) in [4.78, 5) is 5.18. The molecule has 5 heteroatoms. The maximum atomic E-state index is 13.9. The molecule has 0 aliphatic heterocycles. The number of rotatable bonds is 5. The van der Waals surface area contributed by atoms with Crippen LogP contribution in [0.4, 0.5) is 4.39 Å². The Morgan fingerprint density at radius 2 is 2.05 bits per heavy atom. The lowest BCUT2D eigenvalue weighted by Gasteiger charge is -2.06. The molecule has 0 fully saturated rings. The SMILES string of the molecule is Fc1ccc(CNCc2nccs2)cc1-c1cccs1. The largest absolute Gasteiger partial charge is 0.306 e. The third kappa shape index (κ3) is 3.12. The molecule has 0 saturated heterocycles. The molecule has 3 aromatic rings. The van der Waals surface area contributed by atoms with Crippen molar-refractivity contribution in [3.63, 3.8) is 0 Å². The minimum absolute atomic E-state index is 0.170. The Balaban J connectivity index is 1.69. The van der Waals surface area contributed by atoms with Gasteiger partial charge in [-0.25, -0.2) is 9.37 Å². The molecule has 0 spiro atoms. The third-order valence-corrected chi connectivity index (χ3v) is 4.59. The fraction of sp³-hybridized carbons (Fsp3) is 0.133. The molecule has 0 amide bonds. The van der Waals surface area contributed by atoms with Crippen LogP contribution in [-0.4, -0.2) is 4.98 Å². The van der Waals surface area contributed by atoms with Crippen LogP contribution in [-0.2, 0) is 13.1 Å². The first-order valence-electron chi connectivity index (χ1n) is 6.24. The maximum Gasteiger partial charge on any atom is 0.131 e. The summed E-state index contributed by atoms with van der Waals surface area (Å²) in [6.45, 7) is 1.45. The Morgan fingerprint density at radius 1 is 1.10 bits per heavy atom. The Kier molecular flexibility index (Phi) is 4.20. The zero-order chi connectivity index (χ0) is 13.8. The summed E-state index contributed by atoms with van der Waals surface area (Å²) in [5.41, 5.74) is 1.75. The molecule has 0 atom stereocenters. The van der Waals surface area contributed by atoms with Crippen molar-refractivity contribution >= 4 is 22.7 Å². The Bertz CT molecular complexity index is 663. The molecule has 1 N–H and O–H groups in total. The summed E-state index contributed by atoms with van der Waals surface area (Å²) in [5, 5.41) is 8.31. The molecule has 0 aliphatic rings. The standard InChI is InChI=1S/C15H13FN2S2/c16-13-4-3-11(8-12(13)14-2-1-6-19-14)9-17-10-15-18-5-7-20-15/h1-8,17H,9-10H2. The maximum absolute atomic E-state index is 13.9. The highest BCUT2D eigenvalue weighted by Crippen LogP contribution is 2.28. The summed E-state index contributed by atoms with van der Waals surface area (Å²) in [5.74, 6) is -0.170. The van der Waals surface area contributed by atoms with Gasteiger partial charge in [-0.3, -0.25) is 0 Å². The molecular formula is C15H13FN2S2. The van der Waals surface area contributed by atoms with Crippen LogP contribution in [0.1, 0.15) is 10.6 Å². The van der Waals surface area contributed by atoms with Crippen LogP contribution in [0.3, 0.4) is 0 Å². The number of halogens is 1. The topological polar surface area (TPSA) is 24.9 Å². The first-order valence-corrected chi connectivity index (χ1v) is 8.00. The second kappa shape index (κ2) is 6.26. The van der Waals surface area contributed by atoms with Crippen molar-refractivity contribution in [3.8, 4) is 10.4 Å². The molecule has 0 unspecified atom stereocenters. The van der Waals surface area contributed by atoms with Gasteiger partial charge in [0.2, 0.25) is 0 Å². The van der Waals surface area contributed by atoms with Gasteiger partial charge >= 0.3 is 0 Å². The first-order chi connectivity index (χ1) is 9.83. The molecule has 0 radical (unpaired) electrons. The van der Waals surface area contributed by atoms with Crippen LogP contribution in [0.15, 0.2) is 47.3 Å². The van der Waals surface area contributed by atoms with Crippen molar-refractivity contribution in [2.45, 2.75) is 13.1 Å². The number of thiophene rings is 1. The van der Waals surface area contributed by atoms with Crippen molar-refractivity contribution in [2.24, 2.45) is 0 Å². The monoisotopic (exact) mass is 304 g/mol. The van der Waals surface area contributed by atoms with Gasteiger partial charge in [-0.1, -0.05) is 12.1 Å². The second-order valence-corrected chi connectivity index (χ2v) is 6.25. The van der Waals surface area contributed by atoms with E-state index in [1.165, 1.54) is 6.07 Å². The fourth-order valence-corrected chi connectivity index (χ4v) is 3.29. The summed E-state index contributed by atoms with van der Waals surface area (Å²) < 4.78 is 13.9. The van der Waals surface area contributed by atoms with Gasteiger partial charge in [0.25, 0.3) is 0 Å². The van der Waals surface area contributed by atoms with E-state index in [0.29, 0.717) is 12.1 Å². The zero-order valence-corrected chi connectivity index (χ0v) is 12.3. The minimum Gasteiger partial charge on any atom is -0.306 e. The number of thiazole rings is 1. The fourth-order valence-electron chi connectivity index (χ4n) is 1.96. The number of hydrogen-bond acceptors (Lipinski definition) is 4. The molecular weight excluding hydrogens is 291 g/mol. The smallest absolute Gasteiger partial charge is 0.131 e. The summed E-state index contributed by atoms with van der Waals surface area (Å²) in [6, 6.07) is 9.15. The van der Waals surface area contributed by atoms with Crippen LogP contribution in [0.2, 0.25) is 0 Å². The van der Waals surface area contributed by atoms with Crippen molar-refractivity contribution in [1.82, 2.24) is 10.3 Å². The van der Waals surface area contributed by atoms with E-state index in [9.17, 15) is 4.39 Å². The lowest BCUT2D eigenvalue weighted by Crippen LogP contribution is -2.12. The van der Waals surface area contributed by atoms with E-state index in [4.69, 9.17) is 0 Å². The van der Waals surface area contributed by atoms with Crippen molar-refractivity contribution in [1.29, 1.82) is 0 Å². The lowest BCUT2D eigenvalue weighted by molar-refractivity contribution is 0.628. The van der Waals surface area contributed by atoms with Crippen LogP contribution in [0.5, 0.6) is 0 Å². The van der Waals surface area contributed by atoms with Gasteiger partial charge in [-0.15, -0.1) is 22.7 Å². The van der Waals surface area contributed by atoms with Gasteiger partial charge in [-0.05, 0) is 29.1 Å². The molecule has 0 aliphatic carbocycles. The number of hydrogen-bond donors (Lipinski definition) is 1. The number of nitrogens with one attached hydrogen (secondary N) is 1. The van der Waals surface area contributed by atoms with Gasteiger partial charge in [0.15, 0.2) is 0 Å². The number of nitrogens with zero attached hydrogens (tertiary/aromatic N) is 1. The average molecular weight is 304 g/mol. The van der Waals surface area contributed by atoms with E-state index >= 15 is 0 Å². The predicted octanol–water partition coefficient (Wildman–Crippen LogP) is 4.30. The van der Waals surface area contributed by atoms with E-state index in [-0.39, 0.29) is 5.82 Å². The third-order valence-electron chi connectivity index (χ3n) is 2.91. The second-order valence-electron chi connectivity index (χ2n) is 4.32. The first kappa shape index (κ1) is 13.4. The predicted molar refractivity (Wildman–Crippen MR) is 82.4 cm³/mol. The van der Waals surface area contributed by atoms with Crippen LogP contribution >= 0.6 is 22.7 Å². The van der Waals surface area contributed by atoms with Crippen LogP contribution < -0.4 is 5.32 Å². The highest BCUT2D eigenvalue weighted by atomic mass is 32.1. The van der Waals surface area contributed by atoms with Crippen LogP contribution in [0.25, 0.3) is 10.4 Å². The van der Waals surface area contributed by atoms with Gasteiger partial charge in [0, 0.05) is 35.1 Å². The Labute approximate surface area is 124 Å². The summed E-state index contributed by atoms with van der Waals surface area (Å²) in [6.07, 6.45) is 1.80. The van der Waals surface area contributed by atoms with Crippen molar-refractivity contribution < 1.29 is 4.39 Å². The molecule has 0 saturated carbocycles. The Hall–Kier alpha value is -1.56. The quantitative estimate of drug-likeness (QED) is 0.760. The molecule has 102 valence electrons. The summed E-state index contributed by atoms with van der Waals surface area (Å²) >= 11 is 3.18. The zero-order valence-electron chi connectivity index (χ0n) is 10.7.